The van der Waals surface area contributed by atoms with Crippen LogP contribution in [0.3, 0.4) is 0 Å². The minimum atomic E-state index is -3.47. The van der Waals surface area contributed by atoms with Gasteiger partial charge in [0.2, 0.25) is 10.0 Å². The van der Waals surface area contributed by atoms with Gasteiger partial charge in [-0.15, -0.1) is 11.3 Å². The second-order valence-electron chi connectivity index (χ2n) is 4.88. The van der Waals surface area contributed by atoms with Crippen molar-refractivity contribution < 1.29 is 12.8 Å². The Morgan fingerprint density at radius 3 is 2.86 bits per heavy atom. The lowest BCUT2D eigenvalue weighted by molar-refractivity contribution is 0.480. The van der Waals surface area contributed by atoms with Gasteiger partial charge in [-0.2, -0.15) is 0 Å². The van der Waals surface area contributed by atoms with Crippen LogP contribution in [0.15, 0.2) is 39.2 Å². The van der Waals surface area contributed by atoms with Crippen molar-refractivity contribution >= 4 is 21.4 Å². The lowest BCUT2D eigenvalue weighted by Crippen LogP contribution is -2.33. The fraction of sp³-hybridized carbons (Fsp3) is 0.429. The van der Waals surface area contributed by atoms with Gasteiger partial charge < -0.3 is 9.73 Å². The fourth-order valence-electron chi connectivity index (χ4n) is 2.06. The Morgan fingerprint density at radius 2 is 2.19 bits per heavy atom. The van der Waals surface area contributed by atoms with Crippen molar-refractivity contribution in [3.05, 3.63) is 40.5 Å². The highest BCUT2D eigenvalue weighted by molar-refractivity contribution is 7.89. The van der Waals surface area contributed by atoms with Crippen LogP contribution < -0.4 is 10.0 Å². The summed E-state index contributed by atoms with van der Waals surface area (Å²) in [6, 6.07) is 5.23. The van der Waals surface area contributed by atoms with E-state index >= 15 is 0 Å². The van der Waals surface area contributed by atoms with Crippen LogP contribution in [0.25, 0.3) is 0 Å². The zero-order valence-corrected chi connectivity index (χ0v) is 13.8. The highest BCUT2D eigenvalue weighted by atomic mass is 32.2. The molecule has 2 rings (SSSR count). The first-order valence-electron chi connectivity index (χ1n) is 6.78. The minimum Gasteiger partial charge on any atom is -0.469 e. The maximum absolute atomic E-state index is 12.4. The van der Waals surface area contributed by atoms with Gasteiger partial charge in [0, 0.05) is 23.9 Å². The molecule has 0 saturated carbocycles. The number of hydrogen-bond donors (Lipinski definition) is 2. The SMILES string of the molecule is CNCc1sccc1S(=O)(=O)NC(C)CCc1ccco1. The Bertz CT molecular complexity index is 648. The second-order valence-corrected chi connectivity index (χ2v) is 7.56. The first kappa shape index (κ1) is 16.2. The predicted molar refractivity (Wildman–Crippen MR) is 83.9 cm³/mol. The number of hydrogen-bond acceptors (Lipinski definition) is 5. The Labute approximate surface area is 129 Å². The zero-order valence-electron chi connectivity index (χ0n) is 12.1. The van der Waals surface area contributed by atoms with E-state index in [4.69, 9.17) is 4.42 Å². The molecule has 1 atom stereocenters. The molecule has 2 heterocycles. The molecule has 0 fully saturated rings. The molecule has 0 spiro atoms. The lowest BCUT2D eigenvalue weighted by atomic mass is 10.2. The van der Waals surface area contributed by atoms with Gasteiger partial charge in [0.05, 0.1) is 11.2 Å². The first-order valence-corrected chi connectivity index (χ1v) is 9.15. The molecule has 0 aromatic carbocycles. The van der Waals surface area contributed by atoms with E-state index in [0.717, 1.165) is 10.6 Å². The average molecular weight is 328 g/mol. The van der Waals surface area contributed by atoms with E-state index in [9.17, 15) is 8.42 Å². The Morgan fingerprint density at radius 1 is 1.38 bits per heavy atom. The summed E-state index contributed by atoms with van der Waals surface area (Å²) >= 11 is 1.44. The van der Waals surface area contributed by atoms with Gasteiger partial charge >= 0.3 is 0 Å². The van der Waals surface area contributed by atoms with Crippen LogP contribution in [0.2, 0.25) is 0 Å². The highest BCUT2D eigenvalue weighted by Gasteiger charge is 2.21. The van der Waals surface area contributed by atoms with Crippen molar-refractivity contribution in [3.8, 4) is 0 Å². The normalized spacial score (nSPS) is 13.4. The summed E-state index contributed by atoms with van der Waals surface area (Å²) in [6.45, 7) is 2.42. The number of aryl methyl sites for hydroxylation is 1. The minimum absolute atomic E-state index is 0.151. The van der Waals surface area contributed by atoms with Gasteiger partial charge in [-0.3, -0.25) is 0 Å². The van der Waals surface area contributed by atoms with Crippen LogP contribution in [0.5, 0.6) is 0 Å². The molecule has 0 aliphatic rings. The van der Waals surface area contributed by atoms with Crippen LogP contribution >= 0.6 is 11.3 Å². The van der Waals surface area contributed by atoms with Crippen LogP contribution in [-0.2, 0) is 23.0 Å². The molecule has 2 aromatic rings. The first-order chi connectivity index (χ1) is 10.0. The molecule has 5 nitrogen and oxygen atoms in total. The van der Waals surface area contributed by atoms with Crippen molar-refractivity contribution in [2.24, 2.45) is 0 Å². The molecule has 0 radical (unpaired) electrons. The average Bonchev–Trinajstić information content (AvgIpc) is 3.07. The van der Waals surface area contributed by atoms with E-state index in [0.29, 0.717) is 24.3 Å². The molecule has 0 saturated heterocycles. The van der Waals surface area contributed by atoms with Crippen LogP contribution in [0.4, 0.5) is 0 Å². The number of rotatable bonds is 8. The second kappa shape index (κ2) is 7.22. The number of furan rings is 1. The molecule has 116 valence electrons. The van der Waals surface area contributed by atoms with Crippen molar-refractivity contribution in [3.63, 3.8) is 0 Å². The molecule has 7 heteroatoms. The van der Waals surface area contributed by atoms with Gasteiger partial charge in [0.25, 0.3) is 0 Å². The summed E-state index contributed by atoms with van der Waals surface area (Å²) in [5.74, 6) is 0.868. The quantitative estimate of drug-likeness (QED) is 0.780. The summed E-state index contributed by atoms with van der Waals surface area (Å²) in [5.41, 5.74) is 0. The highest BCUT2D eigenvalue weighted by Crippen LogP contribution is 2.22. The summed E-state index contributed by atoms with van der Waals surface area (Å²) in [5, 5.41) is 4.79. The van der Waals surface area contributed by atoms with Crippen molar-refractivity contribution in [2.75, 3.05) is 7.05 Å². The Kier molecular flexibility index (Phi) is 5.58. The Balaban J connectivity index is 1.98. The van der Waals surface area contributed by atoms with Gasteiger partial charge in [0.1, 0.15) is 5.76 Å². The van der Waals surface area contributed by atoms with E-state index in [1.54, 1.807) is 24.8 Å². The molecule has 2 aromatic heterocycles. The molecule has 0 bridgehead atoms. The van der Waals surface area contributed by atoms with E-state index in [2.05, 4.69) is 10.0 Å². The predicted octanol–water partition coefficient (Wildman–Crippen LogP) is 2.36. The lowest BCUT2D eigenvalue weighted by Gasteiger charge is -2.14. The molecule has 21 heavy (non-hydrogen) atoms. The largest absolute Gasteiger partial charge is 0.469 e. The molecule has 0 amide bonds. The summed E-state index contributed by atoms with van der Waals surface area (Å²) < 4.78 is 32.8. The molecule has 0 aliphatic heterocycles. The maximum atomic E-state index is 12.4. The zero-order chi connectivity index (χ0) is 15.3. The van der Waals surface area contributed by atoms with Crippen molar-refractivity contribution in [1.29, 1.82) is 0 Å². The van der Waals surface area contributed by atoms with Crippen LogP contribution in [-0.4, -0.2) is 21.5 Å². The van der Waals surface area contributed by atoms with Gasteiger partial charge in [-0.25, -0.2) is 13.1 Å². The number of sulfonamides is 1. The summed E-state index contributed by atoms with van der Waals surface area (Å²) in [4.78, 5) is 1.19. The van der Waals surface area contributed by atoms with E-state index in [1.165, 1.54) is 11.3 Å². The van der Waals surface area contributed by atoms with Crippen molar-refractivity contribution in [2.45, 2.75) is 37.2 Å². The number of nitrogens with one attached hydrogen (secondary N) is 2. The standard InChI is InChI=1S/C14H20N2O3S2/c1-11(5-6-12-4-3-8-19-12)16-21(17,18)14-7-9-20-13(14)10-15-2/h3-4,7-9,11,15-16H,5-6,10H2,1-2H3. The molecule has 1 unspecified atom stereocenters. The maximum Gasteiger partial charge on any atom is 0.241 e. The molecule has 2 N–H and O–H groups in total. The molecular formula is C14H20N2O3S2. The van der Waals surface area contributed by atoms with Gasteiger partial charge in [-0.05, 0) is 44.0 Å². The Hall–Kier alpha value is -1.15. The van der Waals surface area contributed by atoms with Crippen LogP contribution in [0.1, 0.15) is 24.0 Å². The summed E-state index contributed by atoms with van der Waals surface area (Å²) in [7, 11) is -1.67. The molecule has 0 aliphatic carbocycles. The smallest absolute Gasteiger partial charge is 0.241 e. The third kappa shape index (κ3) is 4.41. The van der Waals surface area contributed by atoms with Crippen molar-refractivity contribution in [1.82, 2.24) is 10.0 Å². The fourth-order valence-corrected chi connectivity index (χ4v) is 4.79. The molecular weight excluding hydrogens is 308 g/mol. The third-order valence-corrected chi connectivity index (χ3v) is 5.82. The topological polar surface area (TPSA) is 71.3 Å². The van der Waals surface area contributed by atoms with Gasteiger partial charge in [-0.1, -0.05) is 0 Å². The van der Waals surface area contributed by atoms with E-state index in [-0.39, 0.29) is 6.04 Å². The van der Waals surface area contributed by atoms with E-state index < -0.39 is 10.0 Å². The third-order valence-electron chi connectivity index (χ3n) is 3.09. The monoisotopic (exact) mass is 328 g/mol. The van der Waals surface area contributed by atoms with Gasteiger partial charge in [0.15, 0.2) is 0 Å². The van der Waals surface area contributed by atoms with E-state index in [1.807, 2.05) is 19.1 Å². The summed E-state index contributed by atoms with van der Waals surface area (Å²) in [6.07, 6.45) is 3.03. The van der Waals surface area contributed by atoms with Crippen LogP contribution in [0, 0.1) is 0 Å². The number of thiophene rings is 1.